The van der Waals surface area contributed by atoms with E-state index < -0.39 is 0 Å². The number of aliphatic imine (C=N–C) groups is 1. The molecule has 0 saturated heterocycles. The van der Waals surface area contributed by atoms with Gasteiger partial charge in [-0.3, -0.25) is 4.99 Å². The summed E-state index contributed by atoms with van der Waals surface area (Å²) in [4.78, 5) is 4.30. The van der Waals surface area contributed by atoms with Gasteiger partial charge in [0.1, 0.15) is 0 Å². The Hall–Kier alpha value is -1.37. The lowest BCUT2D eigenvalue weighted by molar-refractivity contribution is 1.21. The first-order valence-electron chi connectivity index (χ1n) is 4.08. The monoisotopic (exact) mass is 157 g/mol. The second-order valence-electron chi connectivity index (χ2n) is 3.10. The third kappa shape index (κ3) is 0.981. The van der Waals surface area contributed by atoms with Gasteiger partial charge in [0.2, 0.25) is 0 Å². The average Bonchev–Trinajstić information content (AvgIpc) is 2.46. The minimum Gasteiger partial charge on any atom is -0.260 e. The Morgan fingerprint density at radius 3 is 3.08 bits per heavy atom. The van der Waals surface area contributed by atoms with Crippen molar-refractivity contribution in [3.63, 3.8) is 0 Å². The maximum atomic E-state index is 4.30. The minimum absolute atomic E-state index is 0.319. The molecule has 1 heterocycles. The maximum Gasteiger partial charge on any atom is 0.0668 e. The summed E-state index contributed by atoms with van der Waals surface area (Å²) in [5.41, 5.74) is 3.65. The van der Waals surface area contributed by atoms with Crippen LogP contribution >= 0.6 is 0 Å². The van der Waals surface area contributed by atoms with Gasteiger partial charge in [-0.05, 0) is 18.6 Å². The Balaban J connectivity index is 2.54. The van der Waals surface area contributed by atoms with Crippen LogP contribution in [0.1, 0.15) is 17.0 Å². The van der Waals surface area contributed by atoms with Crippen molar-refractivity contribution in [3.8, 4) is 0 Å². The molecule has 0 amide bonds. The molecule has 1 unspecified atom stereocenters. The van der Waals surface area contributed by atoms with Crippen molar-refractivity contribution < 1.29 is 0 Å². The van der Waals surface area contributed by atoms with E-state index in [4.69, 9.17) is 0 Å². The molecule has 0 aromatic heterocycles. The molecule has 60 valence electrons. The van der Waals surface area contributed by atoms with E-state index in [1.54, 1.807) is 0 Å². The molecule has 1 heteroatoms. The summed E-state index contributed by atoms with van der Waals surface area (Å²) in [6.45, 7) is 5.88. The van der Waals surface area contributed by atoms with Gasteiger partial charge in [0, 0.05) is 12.1 Å². The molecule has 1 aromatic rings. The Labute approximate surface area is 72.5 Å². The summed E-state index contributed by atoms with van der Waals surface area (Å²) >= 11 is 0. The van der Waals surface area contributed by atoms with Gasteiger partial charge >= 0.3 is 0 Å². The van der Waals surface area contributed by atoms with Crippen LogP contribution in [0.15, 0.2) is 35.8 Å². The number of rotatable bonds is 1. The fraction of sp³-hybridized carbons (Fsp3) is 0.182. The molecule has 0 N–H and O–H groups in total. The largest absolute Gasteiger partial charge is 0.260 e. The second-order valence-corrected chi connectivity index (χ2v) is 3.10. The van der Waals surface area contributed by atoms with Gasteiger partial charge in [0.15, 0.2) is 0 Å². The van der Waals surface area contributed by atoms with Crippen LogP contribution in [-0.4, -0.2) is 6.21 Å². The lowest BCUT2D eigenvalue weighted by Gasteiger charge is -2.03. The van der Waals surface area contributed by atoms with Crippen LogP contribution in [-0.2, 0) is 0 Å². The molecule has 1 aliphatic rings. The lowest BCUT2D eigenvalue weighted by Crippen LogP contribution is -1.90. The molecule has 1 atom stereocenters. The molecule has 0 saturated carbocycles. The van der Waals surface area contributed by atoms with Crippen molar-refractivity contribution in [2.75, 3.05) is 0 Å². The van der Waals surface area contributed by atoms with Crippen molar-refractivity contribution in [3.05, 3.63) is 42.0 Å². The first-order valence-corrected chi connectivity index (χ1v) is 4.08. The van der Waals surface area contributed by atoms with Gasteiger partial charge in [-0.15, -0.1) is 6.58 Å². The van der Waals surface area contributed by atoms with E-state index in [-0.39, 0.29) is 0 Å². The predicted molar refractivity (Wildman–Crippen MR) is 52.3 cm³/mol. The molecule has 0 aliphatic carbocycles. The van der Waals surface area contributed by atoms with Crippen LogP contribution in [0.5, 0.6) is 0 Å². The van der Waals surface area contributed by atoms with Crippen LogP contribution < -0.4 is 0 Å². The summed E-state index contributed by atoms with van der Waals surface area (Å²) in [6, 6.07) is 6.32. The van der Waals surface area contributed by atoms with E-state index in [0.717, 1.165) is 5.69 Å². The maximum absolute atomic E-state index is 4.30. The summed E-state index contributed by atoms with van der Waals surface area (Å²) in [7, 11) is 0. The fourth-order valence-electron chi connectivity index (χ4n) is 1.49. The van der Waals surface area contributed by atoms with E-state index >= 15 is 0 Å². The van der Waals surface area contributed by atoms with Gasteiger partial charge in [0.25, 0.3) is 0 Å². The average molecular weight is 157 g/mol. The summed E-state index contributed by atoms with van der Waals surface area (Å²) in [5, 5.41) is 0. The second kappa shape index (κ2) is 2.59. The smallest absolute Gasteiger partial charge is 0.0668 e. The third-order valence-electron chi connectivity index (χ3n) is 2.17. The standard InChI is InChI=1S/C11H11N/c1-3-9-7-12-11-5-4-8(2)6-10(9)11/h3-7,9H,1H2,2H3. The zero-order valence-corrected chi connectivity index (χ0v) is 7.12. The highest BCUT2D eigenvalue weighted by molar-refractivity contribution is 5.82. The zero-order valence-electron chi connectivity index (χ0n) is 7.12. The first-order chi connectivity index (χ1) is 5.81. The number of allylic oxidation sites excluding steroid dienone is 1. The number of hydrogen-bond acceptors (Lipinski definition) is 1. The Morgan fingerprint density at radius 2 is 2.33 bits per heavy atom. The van der Waals surface area contributed by atoms with E-state index in [9.17, 15) is 0 Å². The third-order valence-corrected chi connectivity index (χ3v) is 2.17. The minimum atomic E-state index is 0.319. The number of benzene rings is 1. The molecule has 1 aliphatic heterocycles. The van der Waals surface area contributed by atoms with Crippen LogP contribution in [0.25, 0.3) is 0 Å². The molecule has 0 fully saturated rings. The summed E-state index contributed by atoms with van der Waals surface area (Å²) in [5.74, 6) is 0.319. The molecule has 0 spiro atoms. The van der Waals surface area contributed by atoms with Crippen molar-refractivity contribution in [1.29, 1.82) is 0 Å². The number of hydrogen-bond donors (Lipinski definition) is 0. The van der Waals surface area contributed by atoms with Gasteiger partial charge in [-0.25, -0.2) is 0 Å². The number of aryl methyl sites for hydroxylation is 1. The summed E-state index contributed by atoms with van der Waals surface area (Å²) < 4.78 is 0. The highest BCUT2D eigenvalue weighted by atomic mass is 14.8. The van der Waals surface area contributed by atoms with Gasteiger partial charge < -0.3 is 0 Å². The van der Waals surface area contributed by atoms with Crippen molar-refractivity contribution in [2.24, 2.45) is 4.99 Å². The lowest BCUT2D eigenvalue weighted by atomic mass is 10.00. The fourth-order valence-corrected chi connectivity index (χ4v) is 1.49. The summed E-state index contributed by atoms with van der Waals surface area (Å²) in [6.07, 6.45) is 3.87. The van der Waals surface area contributed by atoms with Gasteiger partial charge in [-0.2, -0.15) is 0 Å². The molecule has 2 rings (SSSR count). The highest BCUT2D eigenvalue weighted by Crippen LogP contribution is 2.32. The Bertz CT molecular complexity index is 350. The van der Waals surface area contributed by atoms with Gasteiger partial charge in [0.05, 0.1) is 5.69 Å². The van der Waals surface area contributed by atoms with Gasteiger partial charge in [-0.1, -0.05) is 23.8 Å². The van der Waals surface area contributed by atoms with Crippen LogP contribution in [0.2, 0.25) is 0 Å². The molecule has 12 heavy (non-hydrogen) atoms. The highest BCUT2D eigenvalue weighted by Gasteiger charge is 2.14. The normalized spacial score (nSPS) is 19.2. The van der Waals surface area contributed by atoms with Crippen molar-refractivity contribution in [1.82, 2.24) is 0 Å². The Morgan fingerprint density at radius 1 is 1.50 bits per heavy atom. The first kappa shape index (κ1) is 7.29. The molecular weight excluding hydrogens is 146 g/mol. The molecule has 0 radical (unpaired) electrons. The van der Waals surface area contributed by atoms with E-state index in [1.807, 2.05) is 12.3 Å². The van der Waals surface area contributed by atoms with Crippen molar-refractivity contribution in [2.45, 2.75) is 12.8 Å². The molecular formula is C11H11N. The number of nitrogens with zero attached hydrogens (tertiary/aromatic N) is 1. The van der Waals surface area contributed by atoms with Crippen LogP contribution in [0.3, 0.4) is 0 Å². The molecule has 1 aromatic carbocycles. The van der Waals surface area contributed by atoms with E-state index in [0.29, 0.717) is 5.92 Å². The van der Waals surface area contributed by atoms with Crippen molar-refractivity contribution >= 4 is 11.9 Å². The quantitative estimate of drug-likeness (QED) is 0.556. The topological polar surface area (TPSA) is 12.4 Å². The Kier molecular flexibility index (Phi) is 1.58. The molecule has 0 bridgehead atoms. The molecule has 1 nitrogen and oxygen atoms in total. The zero-order chi connectivity index (χ0) is 8.55. The van der Waals surface area contributed by atoms with Crippen LogP contribution in [0.4, 0.5) is 5.69 Å². The van der Waals surface area contributed by atoms with E-state index in [2.05, 4.69) is 36.7 Å². The SMILES string of the molecule is C=CC1C=Nc2ccc(C)cc21. The predicted octanol–water partition coefficient (Wildman–Crippen LogP) is 2.98. The van der Waals surface area contributed by atoms with Crippen LogP contribution in [0, 0.1) is 6.92 Å². The number of fused-ring (bicyclic) bond motifs is 1. The van der Waals surface area contributed by atoms with E-state index in [1.165, 1.54) is 11.1 Å².